The molecular formula is C26H24N2O. The Labute approximate surface area is 171 Å². The molecule has 0 amide bonds. The molecule has 1 heterocycles. The Kier molecular flexibility index (Phi) is 5.30. The van der Waals surface area contributed by atoms with Gasteiger partial charge in [-0.05, 0) is 37.5 Å². The minimum Gasteiger partial charge on any atom is -0.444 e. The van der Waals surface area contributed by atoms with E-state index < -0.39 is 0 Å². The molecule has 0 aliphatic rings. The summed E-state index contributed by atoms with van der Waals surface area (Å²) in [5.41, 5.74) is 8.68. The van der Waals surface area contributed by atoms with Crippen molar-refractivity contribution >= 4 is 17.5 Å². The van der Waals surface area contributed by atoms with Crippen molar-refractivity contribution in [1.29, 1.82) is 0 Å². The van der Waals surface area contributed by atoms with E-state index in [1.54, 1.807) is 6.26 Å². The minimum absolute atomic E-state index is 0.567. The highest BCUT2D eigenvalue weighted by atomic mass is 16.3. The van der Waals surface area contributed by atoms with Gasteiger partial charge in [-0.1, -0.05) is 78.4 Å². The third-order valence-electron chi connectivity index (χ3n) is 4.88. The zero-order valence-corrected chi connectivity index (χ0v) is 16.9. The van der Waals surface area contributed by atoms with Gasteiger partial charge in [0, 0.05) is 17.3 Å². The van der Waals surface area contributed by atoms with Crippen LogP contribution in [0.1, 0.15) is 28.1 Å². The Balaban J connectivity index is 1.74. The van der Waals surface area contributed by atoms with Crippen molar-refractivity contribution in [2.24, 2.45) is 0 Å². The molecule has 3 aromatic carbocycles. The first-order valence-electron chi connectivity index (χ1n) is 9.73. The lowest BCUT2D eigenvalue weighted by Crippen LogP contribution is -2.03. The van der Waals surface area contributed by atoms with Crippen LogP contribution < -0.4 is 5.32 Å². The van der Waals surface area contributed by atoms with E-state index in [2.05, 4.69) is 55.3 Å². The number of benzene rings is 3. The molecule has 29 heavy (non-hydrogen) atoms. The summed E-state index contributed by atoms with van der Waals surface area (Å²) >= 11 is 0. The molecule has 0 fully saturated rings. The van der Waals surface area contributed by atoms with Gasteiger partial charge in [-0.2, -0.15) is 0 Å². The molecule has 4 rings (SSSR count). The fourth-order valence-electron chi connectivity index (χ4n) is 3.54. The second kappa shape index (κ2) is 8.19. The molecule has 1 aromatic heterocycles. The number of aromatic nitrogens is 1. The number of aryl methyl sites for hydroxylation is 3. The largest absolute Gasteiger partial charge is 0.444 e. The molecule has 0 atom stereocenters. The highest BCUT2D eigenvalue weighted by Crippen LogP contribution is 2.28. The quantitative estimate of drug-likeness (QED) is 0.410. The van der Waals surface area contributed by atoms with Crippen LogP contribution in [0.4, 0.5) is 5.69 Å². The summed E-state index contributed by atoms with van der Waals surface area (Å²) in [4.78, 5) is 4.66. The van der Waals surface area contributed by atoms with Crippen molar-refractivity contribution in [3.63, 3.8) is 0 Å². The van der Waals surface area contributed by atoms with Crippen LogP contribution in [0, 0.1) is 20.8 Å². The van der Waals surface area contributed by atoms with Gasteiger partial charge >= 0.3 is 0 Å². The molecule has 0 saturated heterocycles. The number of anilines is 1. The maximum Gasteiger partial charge on any atom is 0.221 e. The fourth-order valence-corrected chi connectivity index (χ4v) is 3.54. The number of nitrogens with one attached hydrogen (secondary N) is 1. The molecule has 0 aliphatic carbocycles. The van der Waals surface area contributed by atoms with Crippen LogP contribution in [0.5, 0.6) is 0 Å². The molecule has 0 radical (unpaired) electrons. The zero-order valence-electron chi connectivity index (χ0n) is 16.9. The normalized spacial score (nSPS) is 11.5. The maximum absolute atomic E-state index is 5.76. The first-order chi connectivity index (χ1) is 14.1. The summed E-state index contributed by atoms with van der Waals surface area (Å²) in [6.07, 6.45) is 3.66. The van der Waals surface area contributed by atoms with Gasteiger partial charge in [-0.3, -0.25) is 0 Å². The van der Waals surface area contributed by atoms with E-state index in [-0.39, 0.29) is 0 Å². The zero-order chi connectivity index (χ0) is 20.2. The van der Waals surface area contributed by atoms with Gasteiger partial charge in [0.2, 0.25) is 5.89 Å². The standard InChI is InChI=1S/C26H24N2O/c1-18-14-19(2)26(20(3)15-18)28-23(21-10-6-4-7-11-21)16-25-27-24(17-29-25)22-12-8-5-9-13-22/h4-17,28H,1-3H3. The van der Waals surface area contributed by atoms with E-state index in [4.69, 9.17) is 4.42 Å². The first-order valence-corrected chi connectivity index (χ1v) is 9.73. The molecule has 0 aliphatic heterocycles. The molecule has 0 unspecified atom stereocenters. The molecule has 3 heteroatoms. The number of hydrogen-bond acceptors (Lipinski definition) is 3. The summed E-state index contributed by atoms with van der Waals surface area (Å²) in [7, 11) is 0. The Morgan fingerprint density at radius 3 is 2.14 bits per heavy atom. The van der Waals surface area contributed by atoms with Crippen molar-refractivity contribution in [1.82, 2.24) is 4.98 Å². The Morgan fingerprint density at radius 2 is 1.48 bits per heavy atom. The molecular weight excluding hydrogens is 356 g/mol. The van der Waals surface area contributed by atoms with Gasteiger partial charge in [0.25, 0.3) is 0 Å². The number of rotatable bonds is 5. The van der Waals surface area contributed by atoms with Gasteiger partial charge in [0.15, 0.2) is 0 Å². The number of nitrogens with zero attached hydrogens (tertiary/aromatic N) is 1. The topological polar surface area (TPSA) is 38.1 Å². The third-order valence-corrected chi connectivity index (χ3v) is 4.88. The summed E-state index contributed by atoms with van der Waals surface area (Å²) in [5.74, 6) is 0.567. The van der Waals surface area contributed by atoms with E-state index in [9.17, 15) is 0 Å². The first kappa shape index (κ1) is 18.8. The van der Waals surface area contributed by atoms with Crippen LogP contribution in [-0.4, -0.2) is 4.98 Å². The Morgan fingerprint density at radius 1 is 0.862 bits per heavy atom. The maximum atomic E-state index is 5.76. The van der Waals surface area contributed by atoms with Crippen molar-refractivity contribution in [3.05, 3.63) is 107 Å². The predicted octanol–water partition coefficient (Wildman–Crippen LogP) is 6.88. The average molecular weight is 380 g/mol. The van der Waals surface area contributed by atoms with Crippen LogP contribution in [0.25, 0.3) is 23.0 Å². The summed E-state index contributed by atoms with van der Waals surface area (Å²) < 4.78 is 5.76. The van der Waals surface area contributed by atoms with Gasteiger partial charge in [0.05, 0.1) is 5.70 Å². The van der Waals surface area contributed by atoms with Gasteiger partial charge in [-0.15, -0.1) is 0 Å². The van der Waals surface area contributed by atoms with Gasteiger partial charge < -0.3 is 9.73 Å². The van der Waals surface area contributed by atoms with Crippen molar-refractivity contribution in [2.45, 2.75) is 20.8 Å². The van der Waals surface area contributed by atoms with E-state index in [1.165, 1.54) is 16.7 Å². The lowest BCUT2D eigenvalue weighted by atomic mass is 10.0. The Bertz CT molecular complexity index is 1120. The third kappa shape index (κ3) is 4.30. The van der Waals surface area contributed by atoms with Gasteiger partial charge in [0.1, 0.15) is 12.0 Å². The SMILES string of the molecule is Cc1cc(C)c(NC(=Cc2nc(-c3ccccc3)co2)c2ccccc2)c(C)c1. The van der Waals surface area contributed by atoms with E-state index >= 15 is 0 Å². The minimum atomic E-state index is 0.567. The van der Waals surface area contributed by atoms with Crippen LogP contribution in [0.2, 0.25) is 0 Å². The van der Waals surface area contributed by atoms with Crippen molar-refractivity contribution in [2.75, 3.05) is 5.32 Å². The average Bonchev–Trinajstić information content (AvgIpc) is 3.20. The number of hydrogen-bond donors (Lipinski definition) is 1. The number of oxazole rings is 1. The van der Waals surface area contributed by atoms with Crippen LogP contribution in [0.15, 0.2) is 83.5 Å². The van der Waals surface area contributed by atoms with Crippen molar-refractivity contribution in [3.8, 4) is 11.3 Å². The fraction of sp³-hybridized carbons (Fsp3) is 0.115. The van der Waals surface area contributed by atoms with E-state index in [0.717, 1.165) is 28.2 Å². The van der Waals surface area contributed by atoms with Crippen molar-refractivity contribution < 1.29 is 4.42 Å². The second-order valence-electron chi connectivity index (χ2n) is 7.26. The predicted molar refractivity (Wildman–Crippen MR) is 121 cm³/mol. The smallest absolute Gasteiger partial charge is 0.221 e. The highest BCUT2D eigenvalue weighted by Gasteiger charge is 2.11. The summed E-state index contributed by atoms with van der Waals surface area (Å²) in [5, 5.41) is 3.62. The molecule has 0 bridgehead atoms. The monoisotopic (exact) mass is 380 g/mol. The molecule has 1 N–H and O–H groups in total. The van der Waals surface area contributed by atoms with E-state index in [1.807, 2.05) is 54.6 Å². The van der Waals surface area contributed by atoms with Crippen LogP contribution in [-0.2, 0) is 0 Å². The molecule has 0 saturated carbocycles. The lowest BCUT2D eigenvalue weighted by molar-refractivity contribution is 0.547. The molecule has 4 aromatic rings. The van der Waals surface area contributed by atoms with Gasteiger partial charge in [-0.25, -0.2) is 4.98 Å². The van der Waals surface area contributed by atoms with E-state index in [0.29, 0.717) is 5.89 Å². The summed E-state index contributed by atoms with van der Waals surface area (Å²) in [6.45, 7) is 6.38. The second-order valence-corrected chi connectivity index (χ2v) is 7.26. The van der Waals surface area contributed by atoms with Crippen LogP contribution >= 0.6 is 0 Å². The lowest BCUT2D eigenvalue weighted by Gasteiger charge is -2.16. The summed E-state index contributed by atoms with van der Waals surface area (Å²) in [6, 6.07) is 24.7. The molecule has 144 valence electrons. The highest BCUT2D eigenvalue weighted by molar-refractivity contribution is 5.88. The molecule has 0 spiro atoms. The Hall–Kier alpha value is -3.59. The van der Waals surface area contributed by atoms with Crippen LogP contribution in [0.3, 0.4) is 0 Å². The molecule has 3 nitrogen and oxygen atoms in total.